The Morgan fingerprint density at radius 3 is 1.36 bits per heavy atom. The van der Waals surface area contributed by atoms with E-state index in [4.69, 9.17) is 61.1 Å². The number of aliphatic hydroxyl groups is 1. The molecule has 0 spiro atoms. The molecule has 0 radical (unpaired) electrons. The van der Waals surface area contributed by atoms with Gasteiger partial charge in [-0.05, 0) is 157 Å². The smallest absolute Gasteiger partial charge is 0.410 e. The number of piperidine rings is 5. The van der Waals surface area contributed by atoms with Crippen molar-refractivity contribution in [2.24, 2.45) is 21.7 Å². The Morgan fingerprint density at radius 2 is 0.947 bits per heavy atom. The number of likely N-dealkylation sites (tertiary alicyclic amines) is 5. The van der Waals surface area contributed by atoms with Crippen LogP contribution in [-0.2, 0) is 33.3 Å². The number of anilines is 1. The van der Waals surface area contributed by atoms with Crippen LogP contribution in [-0.4, -0.2) is 208 Å². The van der Waals surface area contributed by atoms with Crippen molar-refractivity contribution in [3.8, 4) is 23.0 Å². The van der Waals surface area contributed by atoms with E-state index in [0.29, 0.717) is 124 Å². The standard InChI is InChI=1S/C25H32Cl2N2O4.C18H26N2O5.C12H23NO3.C12H21NO3.C10H17NO3.C6H4FNO2/c1-17(30)28-21-14-20(27)22(31-4)15-23(21)32-13-5-11-29-12-10-24(25(2,3)16-29)33-19-8-6-18(26)7-9-19;1-17(2,3)25-16(21)19-11-10-15(18(4,5)12-19)24-14-8-6-13(7-9-14)20(22)23;2*1-11(2,3)16-10(15)13-7-6-9(14)12(4,5)8-13;1-10(2,3)14-9(13)11-6-4-8(12)5-7-11;7-5-1-3-6(4-2-5)8(9)10/h6-9,14-15,24H,5,10-13,16H2,1-4H3,(H,28,30);6-9,15H,10-12H2,1-5H3;9,14H,6-8H2,1-5H3;6-8H2,1-5H3;4-7H2,1-3H3;1-4H. The molecule has 0 aromatic heterocycles. The van der Waals surface area contributed by atoms with Gasteiger partial charge in [0.1, 0.15) is 75.0 Å². The van der Waals surface area contributed by atoms with Crippen molar-refractivity contribution in [1.82, 2.24) is 24.5 Å². The van der Waals surface area contributed by atoms with Crippen molar-refractivity contribution < 1.29 is 90.8 Å². The molecule has 0 bridgehead atoms. The monoisotopic (exact) mass is 1640 g/mol. The summed E-state index contributed by atoms with van der Waals surface area (Å²) in [5, 5.41) is 34.4. The Bertz CT molecular complexity index is 3840. The molecule has 5 fully saturated rings. The summed E-state index contributed by atoms with van der Waals surface area (Å²) < 4.78 is 56.9. The molecule has 114 heavy (non-hydrogen) atoms. The van der Waals surface area contributed by atoms with Crippen LogP contribution < -0.4 is 24.3 Å². The van der Waals surface area contributed by atoms with Crippen LogP contribution >= 0.6 is 23.2 Å². The molecule has 2 N–H and O–H groups in total. The van der Waals surface area contributed by atoms with Crippen LogP contribution in [0.15, 0.2) is 84.9 Å². The van der Waals surface area contributed by atoms with Crippen LogP contribution in [0.4, 0.5) is 40.6 Å². The van der Waals surface area contributed by atoms with Crippen molar-refractivity contribution in [3.05, 3.63) is 121 Å². The van der Waals surface area contributed by atoms with Crippen LogP contribution in [0.5, 0.6) is 23.0 Å². The van der Waals surface area contributed by atoms with Crippen molar-refractivity contribution in [1.29, 1.82) is 0 Å². The maximum Gasteiger partial charge on any atom is 0.410 e. The van der Waals surface area contributed by atoms with Gasteiger partial charge < -0.3 is 72.8 Å². The number of carbonyl (C=O) groups excluding carboxylic acids is 7. The lowest BCUT2D eigenvalue weighted by atomic mass is 9.81. The predicted octanol–water partition coefficient (Wildman–Crippen LogP) is 17.5. The van der Waals surface area contributed by atoms with E-state index in [-0.39, 0.29) is 87.8 Å². The fourth-order valence-electron chi connectivity index (χ4n) is 12.3. The molecule has 5 amide bonds. The third-order valence-corrected chi connectivity index (χ3v) is 18.8. The van der Waals surface area contributed by atoms with Crippen molar-refractivity contribution in [3.63, 3.8) is 0 Å². The fourth-order valence-corrected chi connectivity index (χ4v) is 12.7. The number of nitro groups is 2. The van der Waals surface area contributed by atoms with E-state index >= 15 is 0 Å². The largest absolute Gasteiger partial charge is 0.495 e. The van der Waals surface area contributed by atoms with Gasteiger partial charge in [-0.25, -0.2) is 23.6 Å². The number of rotatable bonds is 13. The topological polar surface area (TPSA) is 328 Å². The number of hydrogen-bond donors (Lipinski definition) is 2. The van der Waals surface area contributed by atoms with Gasteiger partial charge in [-0.3, -0.25) is 34.6 Å². The van der Waals surface area contributed by atoms with Gasteiger partial charge in [0.05, 0.1) is 40.4 Å². The molecule has 4 aromatic carbocycles. The summed E-state index contributed by atoms with van der Waals surface area (Å²) >= 11 is 12.2. The van der Waals surface area contributed by atoms with Crippen molar-refractivity contribution in [2.75, 3.05) is 91.0 Å². The zero-order chi connectivity index (χ0) is 86.3. The van der Waals surface area contributed by atoms with Crippen LogP contribution in [0, 0.1) is 47.7 Å². The zero-order valence-corrected chi connectivity index (χ0v) is 72.2. The van der Waals surface area contributed by atoms with Gasteiger partial charge >= 0.3 is 24.4 Å². The Hall–Kier alpha value is -8.80. The number of nitro benzene ring substituents is 2. The highest BCUT2D eigenvalue weighted by Gasteiger charge is 2.43. The Balaban J connectivity index is 0.000000301. The third-order valence-electron chi connectivity index (χ3n) is 18.3. The number of non-ortho nitro benzene ring substituents is 2. The molecule has 0 saturated carbocycles. The Kier molecular flexibility index (Phi) is 36.1. The summed E-state index contributed by atoms with van der Waals surface area (Å²) in [5.74, 6) is 2.28. The minimum Gasteiger partial charge on any atom is -0.495 e. The Morgan fingerprint density at radius 1 is 0.544 bits per heavy atom. The molecule has 9 rings (SSSR count). The van der Waals surface area contributed by atoms with Gasteiger partial charge in [-0.1, -0.05) is 78.6 Å². The summed E-state index contributed by atoms with van der Waals surface area (Å²) in [6, 6.07) is 21.3. The number of amides is 5. The van der Waals surface area contributed by atoms with Gasteiger partial charge in [-0.15, -0.1) is 0 Å². The highest BCUT2D eigenvalue weighted by molar-refractivity contribution is 6.32. The second-order valence-electron chi connectivity index (χ2n) is 35.4. The molecule has 3 atom stereocenters. The van der Waals surface area contributed by atoms with Crippen LogP contribution in [0.25, 0.3) is 0 Å². The van der Waals surface area contributed by atoms with Crippen LogP contribution in [0.3, 0.4) is 0 Å². The molecule has 4 aromatic rings. The average Bonchev–Trinajstić information content (AvgIpc) is 0.804. The summed E-state index contributed by atoms with van der Waals surface area (Å²) in [6.45, 7) is 47.2. The number of Topliss-reactive ketones (excluding diaryl/α,β-unsaturated/α-hetero) is 2. The van der Waals surface area contributed by atoms with E-state index in [1.54, 1.807) is 51.0 Å². The van der Waals surface area contributed by atoms with Gasteiger partial charge in [-0.2, -0.15) is 0 Å². The first kappa shape index (κ1) is 97.6. The first-order valence-electron chi connectivity index (χ1n) is 38.4. The Labute approximate surface area is 681 Å². The summed E-state index contributed by atoms with van der Waals surface area (Å²) in [4.78, 5) is 110. The zero-order valence-electron chi connectivity index (χ0n) is 70.7. The molecular formula is C83H123Cl2FN8O20. The molecule has 636 valence electrons. The lowest BCUT2D eigenvalue weighted by Crippen LogP contribution is -2.53. The number of ketones is 2. The molecular weight excluding hydrogens is 1520 g/mol. The average molecular weight is 1640 g/mol. The maximum absolute atomic E-state index is 12.3. The number of benzene rings is 4. The summed E-state index contributed by atoms with van der Waals surface area (Å²) in [5.41, 5.74) is -2.41. The molecule has 5 heterocycles. The minimum atomic E-state index is -0.570. The first-order valence-corrected chi connectivity index (χ1v) is 39.1. The van der Waals surface area contributed by atoms with Crippen molar-refractivity contribution >= 4 is 82.1 Å². The highest BCUT2D eigenvalue weighted by Crippen LogP contribution is 2.39. The first-order chi connectivity index (χ1) is 52.5. The van der Waals surface area contributed by atoms with E-state index in [2.05, 4.69) is 24.1 Å². The van der Waals surface area contributed by atoms with E-state index < -0.39 is 43.5 Å². The van der Waals surface area contributed by atoms with Crippen molar-refractivity contribution in [2.45, 2.75) is 231 Å². The third kappa shape index (κ3) is 34.7. The van der Waals surface area contributed by atoms with E-state index in [1.807, 2.05) is 149 Å². The molecule has 5 aliphatic heterocycles. The second kappa shape index (κ2) is 42.2. The van der Waals surface area contributed by atoms with Crippen LogP contribution in [0.2, 0.25) is 10.0 Å². The highest BCUT2D eigenvalue weighted by atomic mass is 35.5. The summed E-state index contributed by atoms with van der Waals surface area (Å²) in [6.07, 6.45) is 2.91. The molecule has 31 heteroatoms. The van der Waals surface area contributed by atoms with Crippen LogP contribution in [0.1, 0.15) is 190 Å². The van der Waals surface area contributed by atoms with E-state index in [1.165, 1.54) is 19.1 Å². The molecule has 3 unspecified atom stereocenters. The van der Waals surface area contributed by atoms with E-state index in [9.17, 15) is 63.3 Å². The molecule has 5 saturated heterocycles. The molecule has 28 nitrogen and oxygen atoms in total. The SMILES string of the molecule is CC(C)(C)OC(=O)N1CCC(=O)C(C)(C)C1.CC(C)(C)OC(=O)N1CCC(=O)CC1.CC(C)(C)OC(=O)N1CCC(O)C(C)(C)C1.CC(C)(C)OC(=O)N1CCC(Oc2ccc([N+](=O)[O-])cc2)C(C)(C)C1.COc1cc(OCCCN2CCC(Oc3ccc(Cl)cc3)C(C)(C)C2)c(NC(C)=O)cc1Cl.O=[N+]([O-])c1ccc(F)cc1. The quantitative estimate of drug-likeness (QED) is 0.0543. The number of nitrogens with zero attached hydrogens (tertiary/aromatic N) is 7. The number of hydrogen-bond acceptors (Lipinski definition) is 21. The predicted molar refractivity (Wildman–Crippen MR) is 435 cm³/mol. The fraction of sp³-hybridized carbons (Fsp3) is 0.627. The number of ether oxygens (including phenoxy) is 8. The lowest BCUT2D eigenvalue weighted by Gasteiger charge is -2.44. The van der Waals surface area contributed by atoms with Gasteiger partial charge in [0.25, 0.3) is 11.4 Å². The number of carbonyl (C=O) groups is 7. The van der Waals surface area contributed by atoms with Gasteiger partial charge in [0, 0.05) is 162 Å². The number of methoxy groups -OCH3 is 1. The second-order valence-corrected chi connectivity index (χ2v) is 36.3. The molecule has 0 aliphatic carbocycles. The number of nitrogens with one attached hydrogen (secondary N) is 1. The normalized spacial score (nSPS) is 19.1. The number of halogens is 3. The minimum absolute atomic E-state index is 0.0147. The lowest BCUT2D eigenvalue weighted by molar-refractivity contribution is -0.385. The van der Waals surface area contributed by atoms with Gasteiger partial charge in [0.2, 0.25) is 5.91 Å². The van der Waals surface area contributed by atoms with Gasteiger partial charge in [0.15, 0.2) is 0 Å². The maximum atomic E-state index is 12.3. The molecule has 5 aliphatic rings. The van der Waals surface area contributed by atoms with E-state index in [0.717, 1.165) is 62.5 Å². The summed E-state index contributed by atoms with van der Waals surface area (Å²) in [7, 11) is 1.55. The number of aliphatic hydroxyl groups excluding tert-OH is 1.